The van der Waals surface area contributed by atoms with Crippen molar-refractivity contribution in [2.24, 2.45) is 5.92 Å². The summed E-state index contributed by atoms with van der Waals surface area (Å²) < 4.78 is 4.54. The Morgan fingerprint density at radius 1 is 1.57 bits per heavy atom. The molecule has 0 bridgehead atoms. The summed E-state index contributed by atoms with van der Waals surface area (Å²) in [6, 6.07) is 0. The van der Waals surface area contributed by atoms with Gasteiger partial charge in [0.25, 0.3) is 0 Å². The monoisotopic (exact) mass is 201 g/mol. The number of rotatable bonds is 4. The van der Waals surface area contributed by atoms with Crippen LogP contribution in [0.15, 0.2) is 0 Å². The van der Waals surface area contributed by atoms with E-state index in [-0.39, 0.29) is 11.9 Å². The molecule has 0 saturated carbocycles. The van der Waals surface area contributed by atoms with E-state index in [1.165, 1.54) is 7.11 Å². The van der Waals surface area contributed by atoms with Crippen LogP contribution in [0.5, 0.6) is 0 Å². The summed E-state index contributed by atoms with van der Waals surface area (Å²) in [5, 5.41) is 9.92. The topological polar surface area (TPSA) is 49.8 Å². The molecule has 0 amide bonds. The molecular weight excluding hydrogens is 182 g/mol. The molecule has 1 fully saturated rings. The number of hydrogen-bond acceptors (Lipinski definition) is 4. The Balaban J connectivity index is 2.19. The normalized spacial score (nSPS) is 20.6. The molecule has 0 aliphatic carbocycles. The predicted molar refractivity (Wildman–Crippen MR) is 52.9 cm³/mol. The molecule has 1 aliphatic heterocycles. The summed E-state index contributed by atoms with van der Waals surface area (Å²) in [6.45, 7) is 6.04. The van der Waals surface area contributed by atoms with Gasteiger partial charge in [0.2, 0.25) is 0 Å². The van der Waals surface area contributed by atoms with Crippen LogP contribution in [0.1, 0.15) is 20.3 Å². The fourth-order valence-corrected chi connectivity index (χ4v) is 1.60. The number of hydrogen-bond donors (Lipinski definition) is 1. The van der Waals surface area contributed by atoms with Gasteiger partial charge in [-0.15, -0.1) is 0 Å². The zero-order chi connectivity index (χ0) is 10.8. The lowest BCUT2D eigenvalue weighted by atomic mass is 9.83. The molecule has 0 atom stereocenters. The Hall–Kier alpha value is -0.610. The zero-order valence-electron chi connectivity index (χ0n) is 9.12. The number of nitrogens with zero attached hydrogens (tertiary/aromatic N) is 1. The summed E-state index contributed by atoms with van der Waals surface area (Å²) in [5.41, 5.74) is -0.546. The minimum Gasteiger partial charge on any atom is -0.469 e. The van der Waals surface area contributed by atoms with Crippen LogP contribution in [0.4, 0.5) is 0 Å². The molecule has 0 aromatic carbocycles. The number of carbonyl (C=O) groups is 1. The maximum atomic E-state index is 10.8. The Bertz CT molecular complexity index is 209. The summed E-state index contributed by atoms with van der Waals surface area (Å²) in [4.78, 5) is 12.9. The van der Waals surface area contributed by atoms with E-state index in [0.29, 0.717) is 26.1 Å². The van der Waals surface area contributed by atoms with Gasteiger partial charge in [-0.3, -0.25) is 9.69 Å². The molecule has 0 aromatic rings. The number of aliphatic hydroxyl groups is 1. The first-order chi connectivity index (χ1) is 6.48. The predicted octanol–water partition coefficient (Wildman–Crippen LogP) is 0.252. The highest BCUT2D eigenvalue weighted by Gasteiger charge is 2.43. The second-order valence-corrected chi connectivity index (χ2v) is 4.30. The molecule has 0 aromatic heterocycles. The van der Waals surface area contributed by atoms with Crippen LogP contribution in [-0.4, -0.2) is 48.3 Å². The van der Waals surface area contributed by atoms with E-state index in [0.717, 1.165) is 0 Å². The Morgan fingerprint density at radius 2 is 2.14 bits per heavy atom. The fraction of sp³-hybridized carbons (Fsp3) is 0.900. The van der Waals surface area contributed by atoms with Crippen molar-refractivity contribution in [2.75, 3.05) is 26.7 Å². The summed E-state index contributed by atoms with van der Waals surface area (Å²) in [7, 11) is 1.39. The maximum Gasteiger partial charge on any atom is 0.306 e. The van der Waals surface area contributed by atoms with Crippen LogP contribution < -0.4 is 0 Å². The van der Waals surface area contributed by atoms with Gasteiger partial charge in [-0.05, 0) is 5.92 Å². The van der Waals surface area contributed by atoms with E-state index < -0.39 is 5.60 Å². The van der Waals surface area contributed by atoms with Gasteiger partial charge >= 0.3 is 5.97 Å². The quantitative estimate of drug-likeness (QED) is 0.662. The highest BCUT2D eigenvalue weighted by Crippen LogP contribution is 2.28. The maximum absolute atomic E-state index is 10.8. The van der Waals surface area contributed by atoms with Gasteiger partial charge in [-0.1, -0.05) is 13.8 Å². The van der Waals surface area contributed by atoms with Crippen LogP contribution in [-0.2, 0) is 9.53 Å². The number of ether oxygens (including phenoxy) is 1. The van der Waals surface area contributed by atoms with E-state index in [1.54, 1.807) is 0 Å². The second-order valence-electron chi connectivity index (χ2n) is 4.30. The lowest BCUT2D eigenvalue weighted by Crippen LogP contribution is -2.64. The number of β-amino-alcohol motifs (C(OH)–C–C–N with tert-alkyl or cyclic N) is 1. The highest BCUT2D eigenvalue weighted by atomic mass is 16.5. The average molecular weight is 201 g/mol. The Kier molecular flexibility index (Phi) is 3.50. The van der Waals surface area contributed by atoms with Gasteiger partial charge < -0.3 is 9.84 Å². The average Bonchev–Trinajstić information content (AvgIpc) is 2.09. The number of methoxy groups -OCH3 is 1. The molecule has 0 radical (unpaired) electrons. The molecule has 14 heavy (non-hydrogen) atoms. The molecule has 1 aliphatic rings. The largest absolute Gasteiger partial charge is 0.469 e. The molecule has 0 unspecified atom stereocenters. The van der Waals surface area contributed by atoms with E-state index in [1.807, 2.05) is 13.8 Å². The van der Waals surface area contributed by atoms with Crippen molar-refractivity contribution in [3.63, 3.8) is 0 Å². The number of esters is 1. The van der Waals surface area contributed by atoms with Crippen molar-refractivity contribution in [3.8, 4) is 0 Å². The smallest absolute Gasteiger partial charge is 0.306 e. The third-order valence-corrected chi connectivity index (χ3v) is 2.93. The molecule has 1 saturated heterocycles. The second kappa shape index (κ2) is 4.28. The Labute approximate surface area is 84.8 Å². The lowest BCUT2D eigenvalue weighted by molar-refractivity contribution is -0.146. The molecule has 1 N–H and O–H groups in total. The van der Waals surface area contributed by atoms with Crippen LogP contribution in [0.2, 0.25) is 0 Å². The van der Waals surface area contributed by atoms with Crippen molar-refractivity contribution >= 4 is 5.97 Å². The molecule has 1 heterocycles. The molecule has 4 heteroatoms. The fourth-order valence-electron chi connectivity index (χ4n) is 1.60. The van der Waals surface area contributed by atoms with E-state index in [2.05, 4.69) is 9.64 Å². The van der Waals surface area contributed by atoms with Gasteiger partial charge in [-0.2, -0.15) is 0 Å². The minimum atomic E-state index is -0.546. The van der Waals surface area contributed by atoms with E-state index >= 15 is 0 Å². The minimum absolute atomic E-state index is 0.190. The van der Waals surface area contributed by atoms with Crippen LogP contribution >= 0.6 is 0 Å². The van der Waals surface area contributed by atoms with Crippen molar-refractivity contribution in [3.05, 3.63) is 0 Å². The summed E-state index contributed by atoms with van der Waals surface area (Å²) >= 11 is 0. The highest BCUT2D eigenvalue weighted by molar-refractivity contribution is 5.69. The molecule has 0 spiro atoms. The van der Waals surface area contributed by atoms with Crippen molar-refractivity contribution in [2.45, 2.75) is 25.9 Å². The van der Waals surface area contributed by atoms with Crippen molar-refractivity contribution in [1.82, 2.24) is 4.90 Å². The number of carbonyl (C=O) groups excluding carboxylic acids is 1. The van der Waals surface area contributed by atoms with E-state index in [4.69, 9.17) is 0 Å². The molecule has 1 rings (SSSR count). The Morgan fingerprint density at radius 3 is 2.57 bits per heavy atom. The van der Waals surface area contributed by atoms with Gasteiger partial charge in [0.05, 0.1) is 19.1 Å². The third kappa shape index (κ3) is 2.45. The first kappa shape index (κ1) is 11.5. The lowest BCUT2D eigenvalue weighted by Gasteiger charge is -2.49. The third-order valence-electron chi connectivity index (χ3n) is 2.93. The zero-order valence-corrected chi connectivity index (χ0v) is 9.12. The van der Waals surface area contributed by atoms with Crippen molar-refractivity contribution < 1.29 is 14.6 Å². The molecule has 82 valence electrons. The first-order valence-corrected chi connectivity index (χ1v) is 4.99. The summed E-state index contributed by atoms with van der Waals surface area (Å²) in [6.07, 6.45) is 0.407. The van der Waals surface area contributed by atoms with Gasteiger partial charge in [-0.25, -0.2) is 0 Å². The van der Waals surface area contributed by atoms with Gasteiger partial charge in [0.1, 0.15) is 0 Å². The first-order valence-electron chi connectivity index (χ1n) is 4.99. The van der Waals surface area contributed by atoms with Gasteiger partial charge in [0.15, 0.2) is 0 Å². The summed E-state index contributed by atoms with van der Waals surface area (Å²) in [5.74, 6) is 0.0851. The number of likely N-dealkylation sites (tertiary alicyclic amines) is 1. The van der Waals surface area contributed by atoms with Crippen LogP contribution in [0.3, 0.4) is 0 Å². The molecule has 4 nitrogen and oxygen atoms in total. The van der Waals surface area contributed by atoms with Crippen LogP contribution in [0.25, 0.3) is 0 Å². The SMILES string of the molecule is COC(=O)CCN1CC(O)(C(C)C)C1. The molecular formula is C10H19NO3. The standard InChI is InChI=1S/C10H19NO3/c1-8(2)10(13)6-11(7-10)5-4-9(12)14-3/h8,13H,4-7H2,1-3H3. The van der Waals surface area contributed by atoms with Gasteiger partial charge in [0, 0.05) is 19.6 Å². The van der Waals surface area contributed by atoms with Crippen molar-refractivity contribution in [1.29, 1.82) is 0 Å². The van der Waals surface area contributed by atoms with Crippen LogP contribution in [0, 0.1) is 5.92 Å². The van der Waals surface area contributed by atoms with E-state index in [9.17, 15) is 9.90 Å².